The van der Waals surface area contributed by atoms with Crippen LogP contribution in [0.1, 0.15) is 11.1 Å². The van der Waals surface area contributed by atoms with Crippen molar-refractivity contribution in [1.82, 2.24) is 0 Å². The van der Waals surface area contributed by atoms with Crippen molar-refractivity contribution in [3.63, 3.8) is 0 Å². The van der Waals surface area contributed by atoms with Gasteiger partial charge in [0.05, 0.1) is 12.0 Å². The Bertz CT molecular complexity index is 613. The van der Waals surface area contributed by atoms with Gasteiger partial charge in [-0.2, -0.15) is 0 Å². The first-order chi connectivity index (χ1) is 7.59. The van der Waals surface area contributed by atoms with Crippen molar-refractivity contribution in [1.29, 1.82) is 0 Å². The highest BCUT2D eigenvalue weighted by atomic mass is 16.4. The van der Waals surface area contributed by atoms with E-state index in [1.165, 1.54) is 0 Å². The van der Waals surface area contributed by atoms with Crippen LogP contribution < -0.4 is 11.4 Å². The van der Waals surface area contributed by atoms with Gasteiger partial charge < -0.3 is 10.2 Å². The third-order valence-corrected chi connectivity index (χ3v) is 2.54. The number of rotatable bonds is 2. The molecule has 1 aromatic carbocycles. The average Bonchev–Trinajstić information content (AvgIpc) is 2.24. The first-order valence-corrected chi connectivity index (χ1v) is 4.89. The van der Waals surface area contributed by atoms with Crippen molar-refractivity contribution in [2.45, 2.75) is 13.3 Å². The molecule has 1 heterocycles. The zero-order chi connectivity index (χ0) is 11.7. The van der Waals surface area contributed by atoms with Crippen LogP contribution >= 0.6 is 0 Å². The molecule has 16 heavy (non-hydrogen) atoms. The lowest BCUT2D eigenvalue weighted by molar-refractivity contribution is -0.117. The molecule has 0 aliphatic rings. The van der Waals surface area contributed by atoms with Crippen molar-refractivity contribution in [2.24, 2.45) is 5.73 Å². The van der Waals surface area contributed by atoms with E-state index in [2.05, 4.69) is 0 Å². The van der Waals surface area contributed by atoms with Crippen molar-refractivity contribution in [3.05, 3.63) is 45.8 Å². The summed E-state index contributed by atoms with van der Waals surface area (Å²) in [4.78, 5) is 22.5. The Kier molecular flexibility index (Phi) is 2.48. The summed E-state index contributed by atoms with van der Waals surface area (Å²) in [7, 11) is 0. The van der Waals surface area contributed by atoms with E-state index in [-0.39, 0.29) is 6.42 Å². The minimum Gasteiger partial charge on any atom is -0.423 e. The number of amides is 1. The van der Waals surface area contributed by atoms with Crippen LogP contribution in [0.25, 0.3) is 11.0 Å². The van der Waals surface area contributed by atoms with E-state index < -0.39 is 11.5 Å². The normalized spacial score (nSPS) is 10.6. The number of fused-ring (bicyclic) bond motifs is 1. The van der Waals surface area contributed by atoms with E-state index in [4.69, 9.17) is 10.2 Å². The maximum atomic E-state index is 11.6. The molecule has 2 aromatic rings. The largest absolute Gasteiger partial charge is 0.423 e. The highest BCUT2D eigenvalue weighted by Crippen LogP contribution is 2.18. The predicted molar refractivity (Wildman–Crippen MR) is 60.1 cm³/mol. The van der Waals surface area contributed by atoms with Crippen molar-refractivity contribution >= 4 is 16.9 Å². The molecular formula is C12H11NO3. The Labute approximate surface area is 91.7 Å². The lowest BCUT2D eigenvalue weighted by atomic mass is 10.0. The van der Waals surface area contributed by atoms with Gasteiger partial charge in [0, 0.05) is 5.39 Å². The summed E-state index contributed by atoms with van der Waals surface area (Å²) in [6.45, 7) is 1.79. The van der Waals surface area contributed by atoms with Gasteiger partial charge in [-0.3, -0.25) is 4.79 Å². The van der Waals surface area contributed by atoms with Crippen LogP contribution in [0, 0.1) is 6.92 Å². The molecular weight excluding hydrogens is 206 g/mol. The van der Waals surface area contributed by atoms with Crippen molar-refractivity contribution in [2.75, 3.05) is 0 Å². The van der Waals surface area contributed by atoms with Crippen molar-refractivity contribution in [3.8, 4) is 0 Å². The van der Waals surface area contributed by atoms with Crippen molar-refractivity contribution < 1.29 is 9.21 Å². The number of primary amides is 1. The topological polar surface area (TPSA) is 73.3 Å². The summed E-state index contributed by atoms with van der Waals surface area (Å²) < 4.78 is 5.11. The van der Waals surface area contributed by atoms with Gasteiger partial charge in [0.15, 0.2) is 0 Å². The van der Waals surface area contributed by atoms with E-state index in [9.17, 15) is 9.59 Å². The molecule has 2 rings (SSSR count). The molecule has 0 saturated heterocycles. The molecule has 0 radical (unpaired) electrons. The smallest absolute Gasteiger partial charge is 0.340 e. The van der Waals surface area contributed by atoms with Crippen LogP contribution in [0.3, 0.4) is 0 Å². The molecule has 0 fully saturated rings. The van der Waals surface area contributed by atoms with Crippen LogP contribution in [0.5, 0.6) is 0 Å². The minimum atomic E-state index is -0.536. The first-order valence-electron chi connectivity index (χ1n) is 4.89. The van der Waals surface area contributed by atoms with Crippen LogP contribution in [-0.2, 0) is 11.2 Å². The highest BCUT2D eigenvalue weighted by Gasteiger charge is 2.12. The summed E-state index contributed by atoms with van der Waals surface area (Å²) in [5.41, 5.74) is 6.22. The van der Waals surface area contributed by atoms with E-state index in [1.807, 2.05) is 12.1 Å². The number of hydrogen-bond acceptors (Lipinski definition) is 3. The summed E-state index contributed by atoms with van der Waals surface area (Å²) in [5.74, 6) is -0.536. The average molecular weight is 217 g/mol. The van der Waals surface area contributed by atoms with Crippen LogP contribution in [0.15, 0.2) is 33.5 Å². The molecule has 4 heteroatoms. The van der Waals surface area contributed by atoms with Gasteiger partial charge in [-0.15, -0.1) is 0 Å². The van der Waals surface area contributed by atoms with Gasteiger partial charge in [0.25, 0.3) is 0 Å². The summed E-state index contributed by atoms with van der Waals surface area (Å²) in [5, 5.41) is 0.832. The van der Waals surface area contributed by atoms with E-state index in [1.54, 1.807) is 19.1 Å². The van der Waals surface area contributed by atoms with Gasteiger partial charge in [-0.05, 0) is 18.6 Å². The molecule has 1 amide bonds. The van der Waals surface area contributed by atoms with Gasteiger partial charge in [0.1, 0.15) is 5.58 Å². The molecule has 0 bridgehead atoms. The Morgan fingerprint density at radius 1 is 1.38 bits per heavy atom. The monoisotopic (exact) mass is 217 g/mol. The molecule has 1 aromatic heterocycles. The zero-order valence-corrected chi connectivity index (χ0v) is 8.82. The molecule has 2 N–H and O–H groups in total. The second-order valence-corrected chi connectivity index (χ2v) is 3.63. The number of benzene rings is 1. The Morgan fingerprint density at radius 2 is 2.06 bits per heavy atom. The van der Waals surface area contributed by atoms with Gasteiger partial charge in [-0.1, -0.05) is 18.2 Å². The second-order valence-electron chi connectivity index (χ2n) is 3.63. The molecule has 82 valence electrons. The second kappa shape index (κ2) is 3.81. The molecule has 0 aliphatic heterocycles. The van der Waals surface area contributed by atoms with Gasteiger partial charge in [-0.25, -0.2) is 4.79 Å². The Balaban J connectivity index is 2.75. The summed E-state index contributed by atoms with van der Waals surface area (Å²) in [6, 6.07) is 7.21. The standard InChI is InChI=1S/C12H11NO3/c1-7-8-4-2-3-5-10(8)16-12(15)9(7)6-11(13)14/h2-5H,6H2,1H3,(H2,13,14). The SMILES string of the molecule is Cc1c(CC(N)=O)c(=O)oc2ccccc12. The van der Waals surface area contributed by atoms with Crippen LogP contribution in [0.2, 0.25) is 0 Å². The fraction of sp³-hybridized carbons (Fsp3) is 0.167. The molecule has 0 unspecified atom stereocenters. The quantitative estimate of drug-likeness (QED) is 0.766. The fourth-order valence-corrected chi connectivity index (χ4v) is 1.72. The maximum absolute atomic E-state index is 11.6. The molecule has 0 spiro atoms. The fourth-order valence-electron chi connectivity index (χ4n) is 1.72. The number of carbonyl (C=O) groups is 1. The predicted octanol–water partition coefficient (Wildman–Crippen LogP) is 1.13. The van der Waals surface area contributed by atoms with E-state index >= 15 is 0 Å². The number of nitrogens with two attached hydrogens (primary N) is 1. The van der Waals surface area contributed by atoms with Crippen LogP contribution in [0.4, 0.5) is 0 Å². The summed E-state index contributed by atoms with van der Waals surface area (Å²) >= 11 is 0. The molecule has 0 atom stereocenters. The summed E-state index contributed by atoms with van der Waals surface area (Å²) in [6.07, 6.45) is -0.0843. The molecule has 0 aliphatic carbocycles. The van der Waals surface area contributed by atoms with Gasteiger partial charge >= 0.3 is 5.63 Å². The van der Waals surface area contributed by atoms with E-state index in [0.29, 0.717) is 11.1 Å². The highest BCUT2D eigenvalue weighted by molar-refractivity contribution is 5.83. The minimum absolute atomic E-state index is 0.0843. The Morgan fingerprint density at radius 3 is 2.75 bits per heavy atom. The Hall–Kier alpha value is -2.10. The number of hydrogen-bond donors (Lipinski definition) is 1. The van der Waals surface area contributed by atoms with E-state index in [0.717, 1.165) is 10.9 Å². The third-order valence-electron chi connectivity index (χ3n) is 2.54. The molecule has 4 nitrogen and oxygen atoms in total. The maximum Gasteiger partial charge on any atom is 0.340 e. The lowest BCUT2D eigenvalue weighted by Crippen LogP contribution is -2.20. The number of aryl methyl sites for hydroxylation is 1. The lowest BCUT2D eigenvalue weighted by Gasteiger charge is -2.05. The zero-order valence-electron chi connectivity index (χ0n) is 8.82. The van der Waals surface area contributed by atoms with Gasteiger partial charge in [0.2, 0.25) is 5.91 Å². The first kappa shape index (κ1) is 10.4. The van der Waals surface area contributed by atoms with Crippen LogP contribution in [-0.4, -0.2) is 5.91 Å². The number of para-hydroxylation sites is 1. The third kappa shape index (κ3) is 1.69. The molecule has 0 saturated carbocycles. The number of carbonyl (C=O) groups excluding carboxylic acids is 1.